The molecule has 0 fully saturated rings. The topological polar surface area (TPSA) is 3.88 Å². The molecule has 1 heterocycles. The highest BCUT2D eigenvalue weighted by molar-refractivity contribution is 9.10. The Morgan fingerprint density at radius 2 is 1.79 bits per heavy atom. The van der Waals surface area contributed by atoms with E-state index < -0.39 is 0 Å². The summed E-state index contributed by atoms with van der Waals surface area (Å²) in [5.74, 6) is -0.185. The van der Waals surface area contributed by atoms with E-state index in [0.29, 0.717) is 12.1 Å². The van der Waals surface area contributed by atoms with Crippen molar-refractivity contribution in [2.75, 3.05) is 0 Å². The zero-order chi connectivity index (χ0) is 13.2. The summed E-state index contributed by atoms with van der Waals surface area (Å²) in [6.07, 6.45) is 1.98. The molecule has 1 aromatic heterocycles. The zero-order valence-corrected chi connectivity index (χ0v) is 11.8. The minimum atomic E-state index is -0.185. The molecule has 0 aliphatic carbocycles. The Balaban J connectivity index is 2.06. The summed E-state index contributed by atoms with van der Waals surface area (Å²) in [5.41, 5.74) is 1.79. The Kier molecular flexibility index (Phi) is 3.30. The van der Waals surface area contributed by atoms with E-state index in [0.717, 1.165) is 15.4 Å². The van der Waals surface area contributed by atoms with Crippen LogP contribution in [-0.2, 0) is 6.54 Å². The van der Waals surface area contributed by atoms with Crippen molar-refractivity contribution in [3.63, 3.8) is 0 Å². The fourth-order valence-corrected chi connectivity index (χ4v) is 2.53. The van der Waals surface area contributed by atoms with Gasteiger partial charge < -0.3 is 0 Å². The molecule has 3 aromatic rings. The van der Waals surface area contributed by atoms with Crippen LogP contribution < -0.4 is 4.57 Å². The maximum absolute atomic E-state index is 13.9. The smallest absolute Gasteiger partial charge is 0.206 e. The van der Waals surface area contributed by atoms with Crippen LogP contribution in [0.4, 0.5) is 4.39 Å². The van der Waals surface area contributed by atoms with Crippen molar-refractivity contribution in [3.05, 3.63) is 76.6 Å². The number of fused-ring (bicyclic) bond motifs is 1. The summed E-state index contributed by atoms with van der Waals surface area (Å²) in [4.78, 5) is 0. The molecule has 0 amide bonds. The van der Waals surface area contributed by atoms with Gasteiger partial charge in [-0.25, -0.2) is 4.39 Å². The van der Waals surface area contributed by atoms with E-state index in [2.05, 4.69) is 32.6 Å². The molecule has 0 aliphatic rings. The summed E-state index contributed by atoms with van der Waals surface area (Å²) in [6, 6.07) is 17.3. The molecule has 0 N–H and O–H groups in total. The molecule has 2 aromatic carbocycles. The number of para-hydroxylation sites is 1. The first kappa shape index (κ1) is 12.3. The predicted octanol–water partition coefficient (Wildman–Crippen LogP) is 4.08. The van der Waals surface area contributed by atoms with Crippen LogP contribution in [0.5, 0.6) is 0 Å². The molecular weight excluding hydrogens is 305 g/mol. The number of rotatable bonds is 2. The van der Waals surface area contributed by atoms with Crippen molar-refractivity contribution in [3.8, 4) is 0 Å². The van der Waals surface area contributed by atoms with Gasteiger partial charge in [-0.3, -0.25) is 0 Å². The van der Waals surface area contributed by atoms with E-state index in [-0.39, 0.29) is 5.82 Å². The average Bonchev–Trinajstić information content (AvgIpc) is 2.42. The largest absolute Gasteiger partial charge is 0.212 e. The second-order valence-electron chi connectivity index (χ2n) is 4.43. The van der Waals surface area contributed by atoms with Crippen molar-refractivity contribution >= 4 is 26.8 Å². The number of aromatic nitrogens is 1. The van der Waals surface area contributed by atoms with Crippen LogP contribution in [0.25, 0.3) is 10.9 Å². The normalized spacial score (nSPS) is 10.8. The molecule has 94 valence electrons. The second-order valence-corrected chi connectivity index (χ2v) is 5.35. The maximum Gasteiger partial charge on any atom is 0.212 e. The van der Waals surface area contributed by atoms with Gasteiger partial charge in [0.2, 0.25) is 5.52 Å². The van der Waals surface area contributed by atoms with Crippen molar-refractivity contribution < 1.29 is 8.96 Å². The summed E-state index contributed by atoms with van der Waals surface area (Å²) in [7, 11) is 0. The molecule has 3 rings (SSSR count). The monoisotopic (exact) mass is 316 g/mol. The van der Waals surface area contributed by atoms with Crippen LogP contribution in [0, 0.1) is 5.82 Å². The van der Waals surface area contributed by atoms with Crippen LogP contribution in [-0.4, -0.2) is 0 Å². The quantitative estimate of drug-likeness (QED) is 0.627. The average molecular weight is 317 g/mol. The van der Waals surface area contributed by atoms with Crippen molar-refractivity contribution in [1.82, 2.24) is 0 Å². The molecule has 3 heteroatoms. The number of nitrogens with zero attached hydrogens (tertiary/aromatic N) is 1. The van der Waals surface area contributed by atoms with Gasteiger partial charge in [0.25, 0.3) is 0 Å². The van der Waals surface area contributed by atoms with Crippen LogP contribution in [0.3, 0.4) is 0 Å². The summed E-state index contributed by atoms with van der Waals surface area (Å²) < 4.78 is 16.7. The Morgan fingerprint density at radius 3 is 2.63 bits per heavy atom. The van der Waals surface area contributed by atoms with Crippen molar-refractivity contribution in [2.24, 2.45) is 0 Å². The van der Waals surface area contributed by atoms with E-state index in [1.54, 1.807) is 0 Å². The Hall–Kier alpha value is -1.74. The number of pyridine rings is 1. The fraction of sp³-hybridized carbons (Fsp3) is 0.0625. The fourth-order valence-electron chi connectivity index (χ4n) is 2.19. The van der Waals surface area contributed by atoms with Gasteiger partial charge in [-0.05, 0) is 30.3 Å². The molecule has 0 saturated heterocycles. The van der Waals surface area contributed by atoms with Crippen LogP contribution in [0.1, 0.15) is 5.56 Å². The molecule has 0 spiro atoms. The lowest BCUT2D eigenvalue weighted by Gasteiger charge is -2.03. The molecule has 0 unspecified atom stereocenters. The van der Waals surface area contributed by atoms with Gasteiger partial charge in [0.05, 0.1) is 5.56 Å². The van der Waals surface area contributed by atoms with Crippen LogP contribution in [0.15, 0.2) is 65.3 Å². The number of halogens is 2. The minimum absolute atomic E-state index is 0.185. The Bertz CT molecular complexity index is 734. The van der Waals surface area contributed by atoms with Crippen molar-refractivity contribution in [2.45, 2.75) is 6.54 Å². The standard InChI is InChI=1S/C16H12BrFN/c17-14-8-7-13(15(18)10-14)11-19-9-3-5-12-4-1-2-6-16(12)19/h1-10H,11H2/q+1. The highest BCUT2D eigenvalue weighted by atomic mass is 79.9. The van der Waals surface area contributed by atoms with E-state index in [1.807, 2.05) is 42.6 Å². The molecule has 0 atom stereocenters. The van der Waals surface area contributed by atoms with Crippen molar-refractivity contribution in [1.29, 1.82) is 0 Å². The SMILES string of the molecule is Fc1cc(Br)ccc1C[n+]1cccc2ccccc21. The maximum atomic E-state index is 13.9. The van der Waals surface area contributed by atoms with Crippen LogP contribution in [0.2, 0.25) is 0 Å². The summed E-state index contributed by atoms with van der Waals surface area (Å²) >= 11 is 3.27. The molecule has 0 radical (unpaired) electrons. The van der Waals surface area contributed by atoms with Gasteiger partial charge in [0.15, 0.2) is 12.7 Å². The molecular formula is C16H12BrFN+. The lowest BCUT2D eigenvalue weighted by molar-refractivity contribution is -0.662. The molecule has 19 heavy (non-hydrogen) atoms. The minimum Gasteiger partial charge on any atom is -0.206 e. The van der Waals surface area contributed by atoms with E-state index in [9.17, 15) is 4.39 Å². The van der Waals surface area contributed by atoms with Gasteiger partial charge in [0.1, 0.15) is 5.82 Å². The first-order valence-corrected chi connectivity index (χ1v) is 6.84. The van der Waals surface area contributed by atoms with Gasteiger partial charge >= 0.3 is 0 Å². The second kappa shape index (κ2) is 5.10. The first-order chi connectivity index (χ1) is 9.24. The van der Waals surface area contributed by atoms with Crippen LogP contribution >= 0.6 is 15.9 Å². The van der Waals surface area contributed by atoms with E-state index in [4.69, 9.17) is 0 Å². The van der Waals surface area contributed by atoms with Gasteiger partial charge in [0, 0.05) is 22.0 Å². The third-order valence-corrected chi connectivity index (χ3v) is 3.64. The number of hydrogen-bond donors (Lipinski definition) is 0. The Morgan fingerprint density at radius 1 is 1.00 bits per heavy atom. The molecule has 0 aliphatic heterocycles. The zero-order valence-electron chi connectivity index (χ0n) is 10.2. The molecule has 1 nitrogen and oxygen atoms in total. The van der Waals surface area contributed by atoms with Gasteiger partial charge in [-0.1, -0.05) is 28.1 Å². The first-order valence-electron chi connectivity index (χ1n) is 6.05. The van der Waals surface area contributed by atoms with Gasteiger partial charge in [-0.15, -0.1) is 0 Å². The summed E-state index contributed by atoms with van der Waals surface area (Å²) in [6.45, 7) is 0.528. The number of hydrogen-bond acceptors (Lipinski definition) is 0. The third kappa shape index (κ3) is 2.51. The molecule has 0 bridgehead atoms. The third-order valence-electron chi connectivity index (χ3n) is 3.14. The molecule has 0 saturated carbocycles. The lowest BCUT2D eigenvalue weighted by Crippen LogP contribution is -2.34. The highest BCUT2D eigenvalue weighted by Crippen LogP contribution is 2.16. The van der Waals surface area contributed by atoms with E-state index >= 15 is 0 Å². The number of benzene rings is 2. The Labute approximate surface area is 119 Å². The highest BCUT2D eigenvalue weighted by Gasteiger charge is 2.11. The lowest BCUT2D eigenvalue weighted by atomic mass is 10.1. The van der Waals surface area contributed by atoms with Gasteiger partial charge in [-0.2, -0.15) is 4.57 Å². The summed E-state index contributed by atoms with van der Waals surface area (Å²) in [5, 5.41) is 1.16. The predicted molar refractivity (Wildman–Crippen MR) is 77.3 cm³/mol. The van der Waals surface area contributed by atoms with E-state index in [1.165, 1.54) is 6.07 Å².